The smallest absolute Gasteiger partial charge is 0.306 e. The van der Waals surface area contributed by atoms with E-state index in [2.05, 4.69) is 27.7 Å². The van der Waals surface area contributed by atoms with Gasteiger partial charge in [-0.3, -0.25) is 9.59 Å². The molecule has 0 rings (SSSR count). The molecule has 0 bridgehead atoms. The first kappa shape index (κ1) is 27.4. The molecule has 0 fully saturated rings. The van der Waals surface area contributed by atoms with Crippen molar-refractivity contribution in [1.29, 1.82) is 0 Å². The summed E-state index contributed by atoms with van der Waals surface area (Å²) in [4.78, 5) is 23.5. The average Bonchev–Trinajstić information content (AvgIpc) is 2.60. The molecule has 0 amide bonds. The van der Waals surface area contributed by atoms with E-state index >= 15 is 0 Å². The average molecular weight is 383 g/mol. The van der Waals surface area contributed by atoms with Crippen LogP contribution >= 0.6 is 0 Å². The standard InChI is InChI=1S/C20H38O4.Ca/c1-5-9-11-17(7-3)15-23-19(21)13-14-20(22)24-16-18(8-4)12-10-6-2;/h17-18H,5-16H2,1-4H3;. The van der Waals surface area contributed by atoms with Gasteiger partial charge in [0.05, 0.1) is 26.1 Å². The van der Waals surface area contributed by atoms with Crippen molar-refractivity contribution in [2.75, 3.05) is 13.2 Å². The minimum Gasteiger partial charge on any atom is -0.465 e. The van der Waals surface area contributed by atoms with E-state index in [4.69, 9.17) is 9.47 Å². The molecule has 0 saturated heterocycles. The molecule has 0 aliphatic carbocycles. The van der Waals surface area contributed by atoms with Gasteiger partial charge in [-0.1, -0.05) is 66.2 Å². The van der Waals surface area contributed by atoms with Gasteiger partial charge in [0.2, 0.25) is 0 Å². The van der Waals surface area contributed by atoms with Crippen molar-refractivity contribution in [3.05, 3.63) is 0 Å². The monoisotopic (exact) mass is 382 g/mol. The molecule has 4 nitrogen and oxygen atoms in total. The van der Waals surface area contributed by atoms with Crippen LogP contribution in [-0.4, -0.2) is 62.9 Å². The van der Waals surface area contributed by atoms with Crippen molar-refractivity contribution in [3.63, 3.8) is 0 Å². The van der Waals surface area contributed by atoms with Crippen LogP contribution in [0.4, 0.5) is 0 Å². The van der Waals surface area contributed by atoms with E-state index in [0.717, 1.165) is 38.5 Å². The van der Waals surface area contributed by atoms with Crippen LogP contribution in [0, 0.1) is 11.8 Å². The summed E-state index contributed by atoms with van der Waals surface area (Å²) in [5.74, 6) is 0.286. The Hall–Kier alpha value is 0.200. The Morgan fingerprint density at radius 2 is 1.08 bits per heavy atom. The fourth-order valence-corrected chi connectivity index (χ4v) is 2.57. The van der Waals surface area contributed by atoms with Crippen molar-refractivity contribution in [3.8, 4) is 0 Å². The first-order valence-electron chi connectivity index (χ1n) is 9.88. The Morgan fingerprint density at radius 1 is 0.720 bits per heavy atom. The normalized spacial score (nSPS) is 12.8. The molecule has 0 aromatic rings. The van der Waals surface area contributed by atoms with Crippen LogP contribution in [0.3, 0.4) is 0 Å². The summed E-state index contributed by atoms with van der Waals surface area (Å²) in [5.41, 5.74) is 0. The zero-order chi connectivity index (χ0) is 18.2. The third-order valence-corrected chi connectivity index (χ3v) is 4.58. The van der Waals surface area contributed by atoms with E-state index in [1.807, 2.05) is 0 Å². The minimum absolute atomic E-state index is 0. The fourth-order valence-electron chi connectivity index (χ4n) is 2.57. The predicted octanol–water partition coefficient (Wildman–Crippen LogP) is 4.91. The molecule has 0 aromatic carbocycles. The number of carbonyl (C=O) groups is 2. The molecule has 2 unspecified atom stereocenters. The number of esters is 2. The SMILES string of the molecule is CCCCC(CC)COC(=O)CCC(=O)OCC(CC)CCCC.[Ca]. The molecule has 0 aromatic heterocycles. The molecule has 144 valence electrons. The maximum Gasteiger partial charge on any atom is 0.306 e. The first-order valence-corrected chi connectivity index (χ1v) is 9.88. The molecule has 2 radical (unpaired) electrons. The van der Waals surface area contributed by atoms with Gasteiger partial charge in [0.1, 0.15) is 0 Å². The number of ether oxygens (including phenoxy) is 2. The number of hydrogen-bond donors (Lipinski definition) is 0. The van der Waals surface area contributed by atoms with Gasteiger partial charge >= 0.3 is 11.9 Å². The Bertz CT molecular complexity index is 302. The van der Waals surface area contributed by atoms with Gasteiger partial charge in [-0.15, -0.1) is 0 Å². The van der Waals surface area contributed by atoms with Crippen LogP contribution in [0.15, 0.2) is 0 Å². The van der Waals surface area contributed by atoms with E-state index < -0.39 is 0 Å². The number of unbranched alkanes of at least 4 members (excludes halogenated alkanes) is 2. The number of hydrogen-bond acceptors (Lipinski definition) is 4. The molecule has 0 heterocycles. The second-order valence-corrected chi connectivity index (χ2v) is 6.70. The van der Waals surface area contributed by atoms with Crippen LogP contribution in [0.2, 0.25) is 0 Å². The van der Waals surface area contributed by atoms with Gasteiger partial charge in [-0.2, -0.15) is 0 Å². The van der Waals surface area contributed by atoms with Gasteiger partial charge < -0.3 is 9.47 Å². The van der Waals surface area contributed by atoms with Crippen LogP contribution in [-0.2, 0) is 19.1 Å². The van der Waals surface area contributed by atoms with Gasteiger partial charge in [0.25, 0.3) is 0 Å². The molecular formula is C20H38CaO4. The second-order valence-electron chi connectivity index (χ2n) is 6.70. The number of carbonyl (C=O) groups excluding carboxylic acids is 2. The topological polar surface area (TPSA) is 52.6 Å². The van der Waals surface area contributed by atoms with E-state index in [9.17, 15) is 9.59 Å². The van der Waals surface area contributed by atoms with Crippen LogP contribution in [0.25, 0.3) is 0 Å². The molecular weight excluding hydrogens is 344 g/mol. The summed E-state index contributed by atoms with van der Waals surface area (Å²) in [6.07, 6.45) is 9.12. The summed E-state index contributed by atoms with van der Waals surface area (Å²) in [6, 6.07) is 0. The molecule has 0 N–H and O–H groups in total. The molecule has 0 aliphatic rings. The molecule has 2 atom stereocenters. The maximum atomic E-state index is 11.7. The zero-order valence-electron chi connectivity index (χ0n) is 17.0. The van der Waals surface area contributed by atoms with Crippen molar-refractivity contribution < 1.29 is 19.1 Å². The summed E-state index contributed by atoms with van der Waals surface area (Å²) in [7, 11) is 0. The first-order chi connectivity index (χ1) is 11.6. The van der Waals surface area contributed by atoms with Gasteiger partial charge in [-0.05, 0) is 24.7 Å². The van der Waals surface area contributed by atoms with Crippen LogP contribution in [0.5, 0.6) is 0 Å². The van der Waals surface area contributed by atoms with Crippen LogP contribution < -0.4 is 0 Å². The maximum absolute atomic E-state index is 11.7. The Kier molecular flexibility index (Phi) is 20.8. The number of rotatable bonds is 15. The summed E-state index contributed by atoms with van der Waals surface area (Å²) < 4.78 is 10.6. The Balaban J connectivity index is 0. The molecule has 0 spiro atoms. The van der Waals surface area contributed by atoms with Crippen molar-refractivity contribution in [2.45, 2.75) is 91.9 Å². The van der Waals surface area contributed by atoms with Crippen molar-refractivity contribution in [1.82, 2.24) is 0 Å². The molecule has 5 heteroatoms. The van der Waals surface area contributed by atoms with E-state index in [-0.39, 0.29) is 62.5 Å². The quantitative estimate of drug-likeness (QED) is 0.298. The van der Waals surface area contributed by atoms with Gasteiger partial charge in [-0.25, -0.2) is 0 Å². The van der Waals surface area contributed by atoms with E-state index in [1.165, 1.54) is 12.8 Å². The van der Waals surface area contributed by atoms with Crippen LogP contribution in [0.1, 0.15) is 91.9 Å². The summed E-state index contributed by atoms with van der Waals surface area (Å²) >= 11 is 0. The molecule has 0 saturated carbocycles. The largest absolute Gasteiger partial charge is 0.465 e. The Labute approximate surface area is 184 Å². The summed E-state index contributed by atoms with van der Waals surface area (Å²) in [5, 5.41) is 0. The predicted molar refractivity (Wildman–Crippen MR) is 104 cm³/mol. The molecule has 0 aliphatic heterocycles. The van der Waals surface area contributed by atoms with Crippen molar-refractivity contribution in [2.24, 2.45) is 11.8 Å². The van der Waals surface area contributed by atoms with Gasteiger partial charge in [0.15, 0.2) is 0 Å². The van der Waals surface area contributed by atoms with E-state index in [0.29, 0.717) is 25.0 Å². The minimum atomic E-state index is -0.292. The Morgan fingerprint density at radius 3 is 1.36 bits per heavy atom. The zero-order valence-corrected chi connectivity index (χ0v) is 19.2. The fraction of sp³-hybridized carbons (Fsp3) is 0.900. The van der Waals surface area contributed by atoms with Gasteiger partial charge in [0, 0.05) is 37.7 Å². The second kappa shape index (κ2) is 19.0. The summed E-state index contributed by atoms with van der Waals surface area (Å²) in [6.45, 7) is 9.51. The van der Waals surface area contributed by atoms with E-state index in [1.54, 1.807) is 0 Å². The third kappa shape index (κ3) is 16.1. The third-order valence-electron chi connectivity index (χ3n) is 4.58. The molecule has 25 heavy (non-hydrogen) atoms. The van der Waals surface area contributed by atoms with Crippen molar-refractivity contribution >= 4 is 49.7 Å².